The van der Waals surface area contributed by atoms with Crippen molar-refractivity contribution in [1.82, 2.24) is 15.3 Å². The van der Waals surface area contributed by atoms with E-state index in [1.54, 1.807) is 12.1 Å². The predicted octanol–water partition coefficient (Wildman–Crippen LogP) is 4.06. The van der Waals surface area contributed by atoms with Gasteiger partial charge >= 0.3 is 0 Å². The summed E-state index contributed by atoms with van der Waals surface area (Å²) in [5, 5.41) is 5.72. The quantitative estimate of drug-likeness (QED) is 0.768. The predicted molar refractivity (Wildman–Crippen MR) is 99.2 cm³/mol. The number of carbonyl (C=O) groups is 1. The minimum Gasteiger partial charge on any atom is -0.494 e. The van der Waals surface area contributed by atoms with Crippen LogP contribution in [-0.2, 0) is 0 Å². The first-order valence-corrected chi connectivity index (χ1v) is 8.40. The number of anilines is 2. The number of rotatable bonds is 5. The van der Waals surface area contributed by atoms with Gasteiger partial charge in [-0.15, -0.1) is 0 Å². The Bertz CT molecular complexity index is 828. The number of hydrogen-bond donors (Lipinski definition) is 2. The van der Waals surface area contributed by atoms with Crippen LogP contribution in [0.4, 0.5) is 20.3 Å². The van der Waals surface area contributed by atoms with E-state index in [0.717, 1.165) is 12.1 Å². The smallest absolute Gasteiger partial charge is 0.274 e. The Morgan fingerprint density at radius 2 is 1.63 bits per heavy atom. The van der Waals surface area contributed by atoms with Crippen LogP contribution in [0, 0.1) is 17.3 Å². The maximum Gasteiger partial charge on any atom is 0.274 e. The summed E-state index contributed by atoms with van der Waals surface area (Å²) in [6, 6.07) is 5.15. The largest absolute Gasteiger partial charge is 0.494 e. The molecule has 0 aliphatic rings. The Kier molecular flexibility index (Phi) is 5.67. The van der Waals surface area contributed by atoms with Gasteiger partial charge in [0.05, 0.1) is 7.11 Å². The third-order valence-corrected chi connectivity index (χ3v) is 4.63. The summed E-state index contributed by atoms with van der Waals surface area (Å²) in [4.78, 5) is 20.1. The number of halogens is 2. The van der Waals surface area contributed by atoms with Crippen molar-refractivity contribution in [2.24, 2.45) is 5.41 Å². The van der Waals surface area contributed by atoms with Crippen LogP contribution in [0.5, 0.6) is 5.75 Å². The molecule has 0 unspecified atom stereocenters. The molecule has 0 spiro atoms. The molecule has 1 amide bonds. The lowest BCUT2D eigenvalue weighted by Gasteiger charge is -2.39. The molecule has 2 aromatic rings. The molecule has 0 saturated heterocycles. The van der Waals surface area contributed by atoms with E-state index in [4.69, 9.17) is 4.74 Å². The van der Waals surface area contributed by atoms with Crippen molar-refractivity contribution in [3.8, 4) is 5.75 Å². The van der Waals surface area contributed by atoms with E-state index in [0.29, 0.717) is 0 Å². The number of amides is 1. The van der Waals surface area contributed by atoms with Crippen LogP contribution in [-0.4, -0.2) is 28.5 Å². The molecule has 6 nitrogen and oxygen atoms in total. The molecule has 0 radical (unpaired) electrons. The lowest BCUT2D eigenvalue weighted by atomic mass is 9.76. The van der Waals surface area contributed by atoms with E-state index in [1.165, 1.54) is 7.11 Å². The maximum absolute atomic E-state index is 13.3. The lowest BCUT2D eigenvalue weighted by molar-refractivity contribution is 0.0821. The van der Waals surface area contributed by atoms with E-state index < -0.39 is 23.3 Å². The number of ether oxygens (including phenoxy) is 1. The van der Waals surface area contributed by atoms with Gasteiger partial charge in [0.2, 0.25) is 11.9 Å². The van der Waals surface area contributed by atoms with Crippen molar-refractivity contribution in [2.75, 3.05) is 12.4 Å². The van der Waals surface area contributed by atoms with Crippen molar-refractivity contribution < 1.29 is 18.3 Å². The summed E-state index contributed by atoms with van der Waals surface area (Å²) >= 11 is 0. The monoisotopic (exact) mass is 378 g/mol. The molecule has 0 aliphatic carbocycles. The average Bonchev–Trinajstić information content (AvgIpc) is 2.52. The zero-order valence-corrected chi connectivity index (χ0v) is 16.3. The fourth-order valence-corrected chi connectivity index (χ4v) is 2.06. The summed E-state index contributed by atoms with van der Waals surface area (Å²) in [5.41, 5.74) is -0.524. The number of nitrogens with one attached hydrogen (secondary N) is 2. The van der Waals surface area contributed by atoms with E-state index in [9.17, 15) is 13.6 Å². The van der Waals surface area contributed by atoms with Crippen LogP contribution in [0.1, 0.15) is 45.1 Å². The minimum absolute atomic E-state index is 0.0647. The topological polar surface area (TPSA) is 76.1 Å². The first-order valence-electron chi connectivity index (χ1n) is 8.40. The Morgan fingerprint density at radius 3 is 2.15 bits per heavy atom. The van der Waals surface area contributed by atoms with Crippen LogP contribution in [0.25, 0.3) is 0 Å². The Balaban J connectivity index is 2.33. The first kappa shape index (κ1) is 20.5. The van der Waals surface area contributed by atoms with Crippen molar-refractivity contribution in [3.63, 3.8) is 0 Å². The fourth-order valence-electron chi connectivity index (χ4n) is 2.06. The normalized spacial score (nSPS) is 11.9. The average molecular weight is 378 g/mol. The lowest BCUT2D eigenvalue weighted by Crippen LogP contribution is -2.52. The Morgan fingerprint density at radius 1 is 1.04 bits per heavy atom. The highest BCUT2D eigenvalue weighted by molar-refractivity contribution is 5.96. The second-order valence-corrected chi connectivity index (χ2v) is 7.70. The number of carbonyl (C=O) groups excluding carboxylic acids is 1. The van der Waals surface area contributed by atoms with E-state index >= 15 is 0 Å². The highest BCUT2D eigenvalue weighted by atomic mass is 19.1. The van der Waals surface area contributed by atoms with E-state index in [2.05, 4.69) is 20.6 Å². The second-order valence-electron chi connectivity index (χ2n) is 7.70. The summed E-state index contributed by atoms with van der Waals surface area (Å²) < 4.78 is 31.7. The number of methoxy groups -OCH3 is 1. The van der Waals surface area contributed by atoms with Crippen LogP contribution in [0.2, 0.25) is 0 Å². The highest BCUT2D eigenvalue weighted by Crippen LogP contribution is 2.30. The minimum atomic E-state index is -0.962. The molecule has 8 heteroatoms. The molecule has 2 rings (SSSR count). The molecule has 0 fully saturated rings. The zero-order valence-electron chi connectivity index (χ0n) is 16.3. The van der Waals surface area contributed by atoms with Gasteiger partial charge < -0.3 is 15.4 Å². The van der Waals surface area contributed by atoms with E-state index in [1.807, 2.05) is 34.6 Å². The number of aromatic nitrogens is 2. The third kappa shape index (κ3) is 4.90. The molecule has 2 aromatic heterocycles. The van der Waals surface area contributed by atoms with Crippen LogP contribution in [0.3, 0.4) is 0 Å². The molecule has 0 saturated carbocycles. The molecule has 2 N–H and O–H groups in total. The van der Waals surface area contributed by atoms with E-state index in [-0.39, 0.29) is 28.4 Å². The van der Waals surface area contributed by atoms with Gasteiger partial charge in [0.15, 0.2) is 5.69 Å². The molecule has 0 aliphatic heterocycles. The van der Waals surface area contributed by atoms with Gasteiger partial charge in [0, 0.05) is 23.4 Å². The highest BCUT2D eigenvalue weighted by Gasteiger charge is 2.35. The Hall–Kier alpha value is -2.77. The first-order chi connectivity index (χ1) is 12.4. The van der Waals surface area contributed by atoms with Gasteiger partial charge in [-0.2, -0.15) is 13.8 Å². The summed E-state index contributed by atoms with van der Waals surface area (Å²) in [6.45, 7) is 9.89. The summed E-state index contributed by atoms with van der Waals surface area (Å²) in [6.07, 6.45) is 0. The third-order valence-electron chi connectivity index (χ3n) is 4.63. The van der Waals surface area contributed by atoms with Crippen molar-refractivity contribution in [2.45, 2.75) is 40.2 Å². The number of hydrogen-bond acceptors (Lipinski definition) is 5. The van der Waals surface area contributed by atoms with Gasteiger partial charge in [-0.1, -0.05) is 20.8 Å². The van der Waals surface area contributed by atoms with Crippen molar-refractivity contribution in [1.29, 1.82) is 0 Å². The Labute approximate surface area is 157 Å². The number of nitrogens with zero attached hydrogens (tertiary/aromatic N) is 2. The summed E-state index contributed by atoms with van der Waals surface area (Å²) in [5.74, 6) is -1.82. The summed E-state index contributed by atoms with van der Waals surface area (Å²) in [7, 11) is 1.43. The molecule has 2 heterocycles. The van der Waals surface area contributed by atoms with Crippen molar-refractivity contribution in [3.05, 3.63) is 41.9 Å². The SMILES string of the molecule is COc1ccc(Nc2cc(F)nc(F)c2)nc1C(=O)NC(C)(C)C(C)(C)C. The standard InChI is InChI=1S/C19H24F2N4O2/c1-18(2,3)19(4,5)25-17(26)16-12(27-6)7-8-15(24-16)22-11-9-13(20)23-14(21)10-11/h7-10H,1-6H3,(H,25,26)(H,22,23,24). The molecular weight excluding hydrogens is 354 g/mol. The molecular formula is C19H24F2N4O2. The second kappa shape index (κ2) is 7.46. The fraction of sp³-hybridized carbons (Fsp3) is 0.421. The van der Waals surface area contributed by atoms with Gasteiger partial charge in [-0.3, -0.25) is 4.79 Å². The molecule has 27 heavy (non-hydrogen) atoms. The van der Waals surface area contributed by atoms with Crippen molar-refractivity contribution >= 4 is 17.4 Å². The zero-order chi connectivity index (χ0) is 20.4. The van der Waals surface area contributed by atoms with Crippen LogP contribution in [0.15, 0.2) is 24.3 Å². The van der Waals surface area contributed by atoms with Crippen LogP contribution >= 0.6 is 0 Å². The van der Waals surface area contributed by atoms with Crippen LogP contribution < -0.4 is 15.4 Å². The van der Waals surface area contributed by atoms with Gasteiger partial charge in [-0.25, -0.2) is 4.98 Å². The molecule has 0 bridgehead atoms. The number of pyridine rings is 2. The molecule has 0 atom stereocenters. The maximum atomic E-state index is 13.3. The molecule has 146 valence electrons. The van der Waals surface area contributed by atoms with Gasteiger partial charge in [-0.05, 0) is 31.4 Å². The van der Waals surface area contributed by atoms with Gasteiger partial charge in [0.25, 0.3) is 5.91 Å². The molecule has 0 aromatic carbocycles. The van der Waals surface area contributed by atoms with Gasteiger partial charge in [0.1, 0.15) is 11.6 Å².